The van der Waals surface area contributed by atoms with Crippen molar-refractivity contribution in [3.05, 3.63) is 42.0 Å². The van der Waals surface area contributed by atoms with Crippen LogP contribution < -0.4 is 4.90 Å². The lowest BCUT2D eigenvalue weighted by molar-refractivity contribution is -0.0247. The third-order valence-corrected chi connectivity index (χ3v) is 3.59. The van der Waals surface area contributed by atoms with Crippen LogP contribution in [0.4, 0.5) is 5.95 Å². The van der Waals surface area contributed by atoms with Crippen molar-refractivity contribution in [3.63, 3.8) is 0 Å². The Morgan fingerprint density at radius 2 is 2.32 bits per heavy atom. The van der Waals surface area contributed by atoms with Crippen molar-refractivity contribution < 1.29 is 9.53 Å². The molecule has 2 aromatic heterocycles. The number of anilines is 1. The van der Waals surface area contributed by atoms with E-state index in [2.05, 4.69) is 15.0 Å². The van der Waals surface area contributed by atoms with E-state index in [1.807, 2.05) is 25.1 Å². The molecule has 0 radical (unpaired) electrons. The molecule has 3 heterocycles. The largest absolute Gasteiger partial charge is 0.368 e. The highest BCUT2D eigenvalue weighted by molar-refractivity contribution is 5.94. The summed E-state index contributed by atoms with van der Waals surface area (Å²) in [6, 6.07) is 3.61. The molecule has 1 unspecified atom stereocenters. The predicted octanol–water partition coefficient (Wildman–Crippen LogP) is 1.08. The molecule has 2 aromatic rings. The SMILES string of the molecule is CN(C)c1nccc(C2CN(C(=O)c3cc[nH]c3)CCO2)n1. The average Bonchev–Trinajstić information content (AvgIpc) is 3.09. The molecule has 1 fully saturated rings. The summed E-state index contributed by atoms with van der Waals surface area (Å²) in [5.41, 5.74) is 1.46. The Morgan fingerprint density at radius 1 is 1.45 bits per heavy atom. The average molecular weight is 301 g/mol. The Kier molecular flexibility index (Phi) is 4.06. The van der Waals surface area contributed by atoms with Crippen molar-refractivity contribution in [3.8, 4) is 0 Å². The lowest BCUT2D eigenvalue weighted by atomic mass is 10.2. The van der Waals surface area contributed by atoms with E-state index < -0.39 is 0 Å². The quantitative estimate of drug-likeness (QED) is 0.918. The van der Waals surface area contributed by atoms with E-state index in [0.717, 1.165) is 5.69 Å². The van der Waals surface area contributed by atoms with Crippen LogP contribution in [0.1, 0.15) is 22.2 Å². The number of H-pyrrole nitrogens is 1. The van der Waals surface area contributed by atoms with Crippen molar-refractivity contribution in [1.82, 2.24) is 19.9 Å². The molecule has 1 N–H and O–H groups in total. The van der Waals surface area contributed by atoms with Crippen LogP contribution in [-0.2, 0) is 4.74 Å². The molecule has 1 amide bonds. The fraction of sp³-hybridized carbons (Fsp3) is 0.400. The number of carbonyl (C=O) groups excluding carboxylic acids is 1. The number of morpholine rings is 1. The maximum atomic E-state index is 12.4. The third kappa shape index (κ3) is 2.94. The highest BCUT2D eigenvalue weighted by Crippen LogP contribution is 2.22. The Hall–Kier alpha value is -2.41. The Balaban J connectivity index is 1.75. The second-order valence-electron chi connectivity index (χ2n) is 5.39. The van der Waals surface area contributed by atoms with Gasteiger partial charge in [0.2, 0.25) is 5.95 Å². The molecule has 7 nitrogen and oxygen atoms in total. The Labute approximate surface area is 128 Å². The van der Waals surface area contributed by atoms with Crippen LogP contribution in [0.2, 0.25) is 0 Å². The second kappa shape index (κ2) is 6.15. The molecule has 0 spiro atoms. The normalized spacial score (nSPS) is 18.3. The lowest BCUT2D eigenvalue weighted by Gasteiger charge is -2.32. The summed E-state index contributed by atoms with van der Waals surface area (Å²) in [6.45, 7) is 1.59. The summed E-state index contributed by atoms with van der Waals surface area (Å²) in [4.78, 5) is 27.7. The monoisotopic (exact) mass is 301 g/mol. The molecule has 0 bridgehead atoms. The van der Waals surface area contributed by atoms with E-state index in [9.17, 15) is 4.79 Å². The number of nitrogens with one attached hydrogen (secondary N) is 1. The first-order valence-corrected chi connectivity index (χ1v) is 7.19. The van der Waals surface area contributed by atoms with Gasteiger partial charge >= 0.3 is 0 Å². The van der Waals surface area contributed by atoms with Crippen molar-refractivity contribution in [2.24, 2.45) is 0 Å². The molecule has 0 saturated carbocycles. The molecule has 1 aliphatic rings. The van der Waals surface area contributed by atoms with Gasteiger partial charge in [-0.1, -0.05) is 0 Å². The standard InChI is InChI=1S/C15H19N5O2/c1-19(2)15-17-6-4-12(18-15)13-10-20(7-8-22-13)14(21)11-3-5-16-9-11/h3-6,9,13,16H,7-8,10H2,1-2H3. The fourth-order valence-electron chi connectivity index (χ4n) is 2.41. The Morgan fingerprint density at radius 3 is 3.05 bits per heavy atom. The van der Waals surface area contributed by atoms with E-state index in [1.54, 1.807) is 29.6 Å². The van der Waals surface area contributed by atoms with Crippen LogP contribution in [-0.4, -0.2) is 59.6 Å². The maximum absolute atomic E-state index is 12.4. The highest BCUT2D eigenvalue weighted by atomic mass is 16.5. The molecule has 0 aliphatic carbocycles. The van der Waals surface area contributed by atoms with Crippen molar-refractivity contribution >= 4 is 11.9 Å². The molecule has 0 aromatic carbocycles. The number of ether oxygens (including phenoxy) is 1. The summed E-state index contributed by atoms with van der Waals surface area (Å²) in [5, 5.41) is 0. The fourth-order valence-corrected chi connectivity index (χ4v) is 2.41. The van der Waals surface area contributed by atoms with Gasteiger partial charge in [0.25, 0.3) is 5.91 Å². The number of carbonyl (C=O) groups is 1. The number of hydrogen-bond acceptors (Lipinski definition) is 5. The smallest absolute Gasteiger partial charge is 0.255 e. The first-order chi connectivity index (χ1) is 10.6. The van der Waals surface area contributed by atoms with Gasteiger partial charge in [0.1, 0.15) is 6.10 Å². The summed E-state index contributed by atoms with van der Waals surface area (Å²) in [7, 11) is 3.78. The second-order valence-corrected chi connectivity index (χ2v) is 5.39. The molecule has 1 aliphatic heterocycles. The lowest BCUT2D eigenvalue weighted by Crippen LogP contribution is -2.42. The summed E-state index contributed by atoms with van der Waals surface area (Å²) >= 11 is 0. The summed E-state index contributed by atoms with van der Waals surface area (Å²) in [5.74, 6) is 0.645. The van der Waals surface area contributed by atoms with Gasteiger partial charge in [-0.2, -0.15) is 0 Å². The molecule has 3 rings (SSSR count). The maximum Gasteiger partial charge on any atom is 0.255 e. The van der Waals surface area contributed by atoms with Crippen LogP contribution >= 0.6 is 0 Å². The van der Waals surface area contributed by atoms with E-state index in [1.165, 1.54) is 0 Å². The van der Waals surface area contributed by atoms with Gasteiger partial charge in [0.05, 0.1) is 24.4 Å². The van der Waals surface area contributed by atoms with Crippen LogP contribution in [0.5, 0.6) is 0 Å². The summed E-state index contributed by atoms with van der Waals surface area (Å²) in [6.07, 6.45) is 4.95. The highest BCUT2D eigenvalue weighted by Gasteiger charge is 2.27. The minimum absolute atomic E-state index is 0.0106. The molecular formula is C15H19N5O2. The zero-order chi connectivity index (χ0) is 15.5. The zero-order valence-corrected chi connectivity index (χ0v) is 12.7. The van der Waals surface area contributed by atoms with Crippen molar-refractivity contribution in [1.29, 1.82) is 0 Å². The van der Waals surface area contributed by atoms with Crippen molar-refractivity contribution in [2.75, 3.05) is 38.7 Å². The van der Waals surface area contributed by atoms with Gasteiger partial charge in [-0.05, 0) is 12.1 Å². The first-order valence-electron chi connectivity index (χ1n) is 7.19. The number of hydrogen-bond donors (Lipinski definition) is 1. The van der Waals surface area contributed by atoms with Gasteiger partial charge in [-0.3, -0.25) is 4.79 Å². The molecule has 116 valence electrons. The number of rotatable bonds is 3. The van der Waals surface area contributed by atoms with Crippen LogP contribution in [0.3, 0.4) is 0 Å². The van der Waals surface area contributed by atoms with Gasteiger partial charge in [-0.25, -0.2) is 9.97 Å². The Bertz CT molecular complexity index is 641. The van der Waals surface area contributed by atoms with Gasteiger partial charge in [-0.15, -0.1) is 0 Å². The number of aromatic nitrogens is 3. The third-order valence-electron chi connectivity index (χ3n) is 3.59. The van der Waals surface area contributed by atoms with Crippen LogP contribution in [0.15, 0.2) is 30.7 Å². The number of aromatic amines is 1. The van der Waals surface area contributed by atoms with Crippen molar-refractivity contribution in [2.45, 2.75) is 6.10 Å². The minimum Gasteiger partial charge on any atom is -0.368 e. The van der Waals surface area contributed by atoms with E-state index in [4.69, 9.17) is 4.74 Å². The number of amides is 1. The first kappa shape index (κ1) is 14.5. The molecule has 1 saturated heterocycles. The molecule has 1 atom stereocenters. The predicted molar refractivity (Wildman–Crippen MR) is 81.7 cm³/mol. The van der Waals surface area contributed by atoms with E-state index >= 15 is 0 Å². The topological polar surface area (TPSA) is 74.4 Å². The minimum atomic E-state index is -0.224. The molecular weight excluding hydrogens is 282 g/mol. The molecule has 7 heteroatoms. The van der Waals surface area contributed by atoms with Gasteiger partial charge in [0.15, 0.2) is 0 Å². The van der Waals surface area contributed by atoms with E-state index in [0.29, 0.717) is 31.2 Å². The zero-order valence-electron chi connectivity index (χ0n) is 12.7. The van der Waals surface area contributed by atoms with E-state index in [-0.39, 0.29) is 12.0 Å². The van der Waals surface area contributed by atoms with Crippen LogP contribution in [0.25, 0.3) is 0 Å². The van der Waals surface area contributed by atoms with Gasteiger partial charge in [0, 0.05) is 39.2 Å². The van der Waals surface area contributed by atoms with Gasteiger partial charge < -0.3 is 19.5 Å². The van der Waals surface area contributed by atoms with Crippen LogP contribution in [0, 0.1) is 0 Å². The summed E-state index contributed by atoms with van der Waals surface area (Å²) < 4.78 is 5.79. The molecule has 22 heavy (non-hydrogen) atoms. The number of nitrogens with zero attached hydrogens (tertiary/aromatic N) is 4.